The Hall–Kier alpha value is -3.23. The minimum absolute atomic E-state index is 0.0104. The van der Waals surface area contributed by atoms with E-state index in [2.05, 4.69) is 30.3 Å². The SMILES string of the molecule is CCc1cccc2c1C(=O)c1ccccc1C2(O)Cc1ccc2ccccc2c1. The summed E-state index contributed by atoms with van der Waals surface area (Å²) in [7, 11) is 0. The van der Waals surface area contributed by atoms with Crippen molar-refractivity contribution in [3.05, 3.63) is 118 Å². The van der Waals surface area contributed by atoms with Crippen molar-refractivity contribution in [1.82, 2.24) is 0 Å². The van der Waals surface area contributed by atoms with Crippen LogP contribution in [-0.2, 0) is 18.4 Å². The van der Waals surface area contributed by atoms with Crippen LogP contribution in [0.2, 0.25) is 0 Å². The van der Waals surface area contributed by atoms with E-state index in [4.69, 9.17) is 0 Å². The normalized spacial score (nSPS) is 17.8. The second-order valence-electron chi connectivity index (χ2n) is 7.79. The Morgan fingerprint density at radius 1 is 0.793 bits per heavy atom. The van der Waals surface area contributed by atoms with Gasteiger partial charge in [-0.25, -0.2) is 0 Å². The zero-order valence-corrected chi connectivity index (χ0v) is 16.4. The molecule has 0 aliphatic heterocycles. The van der Waals surface area contributed by atoms with E-state index in [0.29, 0.717) is 28.7 Å². The summed E-state index contributed by atoms with van der Waals surface area (Å²) in [5.74, 6) is 0.0104. The van der Waals surface area contributed by atoms with Gasteiger partial charge >= 0.3 is 0 Å². The molecule has 1 aliphatic rings. The van der Waals surface area contributed by atoms with Crippen LogP contribution in [0.1, 0.15) is 45.1 Å². The van der Waals surface area contributed by atoms with E-state index in [0.717, 1.165) is 22.9 Å². The van der Waals surface area contributed by atoms with Gasteiger partial charge in [0.2, 0.25) is 0 Å². The summed E-state index contributed by atoms with van der Waals surface area (Å²) in [6, 6.07) is 27.9. The molecule has 1 N–H and O–H groups in total. The van der Waals surface area contributed by atoms with E-state index in [-0.39, 0.29) is 5.78 Å². The molecule has 0 bridgehead atoms. The van der Waals surface area contributed by atoms with Crippen molar-refractivity contribution >= 4 is 16.6 Å². The average Bonchev–Trinajstić information content (AvgIpc) is 2.77. The molecule has 0 fully saturated rings. The molecule has 1 unspecified atom stereocenters. The molecule has 1 atom stereocenters. The van der Waals surface area contributed by atoms with Crippen LogP contribution in [0.25, 0.3) is 10.8 Å². The summed E-state index contributed by atoms with van der Waals surface area (Å²) in [5, 5.41) is 14.4. The van der Waals surface area contributed by atoms with Crippen LogP contribution in [0.3, 0.4) is 0 Å². The van der Waals surface area contributed by atoms with Crippen LogP contribution in [0.15, 0.2) is 84.9 Å². The molecule has 5 rings (SSSR count). The van der Waals surface area contributed by atoms with Crippen molar-refractivity contribution in [2.24, 2.45) is 0 Å². The average molecular weight is 378 g/mol. The van der Waals surface area contributed by atoms with Crippen molar-refractivity contribution in [2.45, 2.75) is 25.4 Å². The Labute approximate surface area is 170 Å². The molecule has 4 aromatic carbocycles. The molecule has 0 aromatic heterocycles. The molecular weight excluding hydrogens is 356 g/mol. The first-order chi connectivity index (χ1) is 14.1. The number of carbonyl (C=O) groups excluding carboxylic acids is 1. The number of aliphatic hydroxyl groups is 1. The lowest BCUT2D eigenvalue weighted by Gasteiger charge is -2.37. The third-order valence-electron chi connectivity index (χ3n) is 6.10. The zero-order chi connectivity index (χ0) is 20.0. The van der Waals surface area contributed by atoms with Gasteiger partial charge in [-0.15, -0.1) is 0 Å². The van der Waals surface area contributed by atoms with Crippen molar-refractivity contribution < 1.29 is 9.90 Å². The number of hydrogen-bond donors (Lipinski definition) is 1. The van der Waals surface area contributed by atoms with Gasteiger partial charge in [0, 0.05) is 17.5 Å². The highest BCUT2D eigenvalue weighted by atomic mass is 16.3. The quantitative estimate of drug-likeness (QED) is 0.516. The summed E-state index contributed by atoms with van der Waals surface area (Å²) in [6.45, 7) is 2.05. The van der Waals surface area contributed by atoms with Crippen LogP contribution < -0.4 is 0 Å². The maximum absolute atomic E-state index is 13.3. The van der Waals surface area contributed by atoms with Gasteiger partial charge in [-0.05, 0) is 39.4 Å². The monoisotopic (exact) mass is 378 g/mol. The number of ketones is 1. The van der Waals surface area contributed by atoms with E-state index < -0.39 is 5.60 Å². The fourth-order valence-electron chi connectivity index (χ4n) is 4.66. The van der Waals surface area contributed by atoms with Gasteiger partial charge in [0.05, 0.1) is 0 Å². The molecule has 2 nitrogen and oxygen atoms in total. The third-order valence-corrected chi connectivity index (χ3v) is 6.10. The summed E-state index contributed by atoms with van der Waals surface area (Å²) >= 11 is 0. The molecule has 0 heterocycles. The Bertz CT molecular complexity index is 1250. The second-order valence-corrected chi connectivity index (χ2v) is 7.79. The number of rotatable bonds is 3. The predicted octanol–water partition coefficient (Wildman–Crippen LogP) is 5.43. The van der Waals surface area contributed by atoms with Gasteiger partial charge in [-0.1, -0.05) is 91.9 Å². The van der Waals surface area contributed by atoms with Gasteiger partial charge in [-0.2, -0.15) is 0 Å². The van der Waals surface area contributed by atoms with Crippen LogP contribution in [0.4, 0.5) is 0 Å². The number of aryl methyl sites for hydroxylation is 1. The van der Waals surface area contributed by atoms with Crippen molar-refractivity contribution in [2.75, 3.05) is 0 Å². The van der Waals surface area contributed by atoms with Crippen LogP contribution in [-0.4, -0.2) is 10.9 Å². The van der Waals surface area contributed by atoms with Crippen molar-refractivity contribution in [3.63, 3.8) is 0 Å². The van der Waals surface area contributed by atoms with Gasteiger partial charge in [0.15, 0.2) is 5.78 Å². The molecule has 0 saturated carbocycles. The lowest BCUT2D eigenvalue weighted by molar-refractivity contribution is 0.0719. The maximum atomic E-state index is 13.3. The number of benzene rings is 4. The highest BCUT2D eigenvalue weighted by Gasteiger charge is 2.42. The van der Waals surface area contributed by atoms with Gasteiger partial charge in [0.1, 0.15) is 5.60 Å². The molecule has 0 amide bonds. The molecule has 0 spiro atoms. The van der Waals surface area contributed by atoms with E-state index in [1.807, 2.05) is 61.5 Å². The summed E-state index contributed by atoms with van der Waals surface area (Å²) in [4.78, 5) is 13.3. The first kappa shape index (κ1) is 17.8. The predicted molar refractivity (Wildman–Crippen MR) is 116 cm³/mol. The zero-order valence-electron chi connectivity index (χ0n) is 16.4. The van der Waals surface area contributed by atoms with E-state index in [1.54, 1.807) is 0 Å². The molecule has 142 valence electrons. The molecular formula is C27H22O2. The molecule has 1 aliphatic carbocycles. The van der Waals surface area contributed by atoms with Crippen molar-refractivity contribution in [3.8, 4) is 0 Å². The molecule has 29 heavy (non-hydrogen) atoms. The second kappa shape index (κ2) is 6.68. The minimum Gasteiger partial charge on any atom is -0.380 e. The Morgan fingerprint density at radius 2 is 1.52 bits per heavy atom. The van der Waals surface area contributed by atoms with Gasteiger partial charge in [-0.3, -0.25) is 4.79 Å². The number of fused-ring (bicyclic) bond motifs is 3. The van der Waals surface area contributed by atoms with Crippen LogP contribution >= 0.6 is 0 Å². The molecule has 2 heteroatoms. The van der Waals surface area contributed by atoms with Gasteiger partial charge in [0.25, 0.3) is 0 Å². The highest BCUT2D eigenvalue weighted by Crippen LogP contribution is 2.43. The van der Waals surface area contributed by atoms with Gasteiger partial charge < -0.3 is 5.11 Å². The summed E-state index contributed by atoms with van der Waals surface area (Å²) in [5.41, 5.74) is 3.46. The van der Waals surface area contributed by atoms with E-state index >= 15 is 0 Å². The number of carbonyl (C=O) groups is 1. The third kappa shape index (κ3) is 2.72. The molecule has 0 saturated heterocycles. The lowest BCUT2D eigenvalue weighted by atomic mass is 9.70. The largest absolute Gasteiger partial charge is 0.380 e. The van der Waals surface area contributed by atoms with Crippen molar-refractivity contribution in [1.29, 1.82) is 0 Å². The van der Waals surface area contributed by atoms with E-state index in [1.165, 1.54) is 5.39 Å². The number of hydrogen-bond acceptors (Lipinski definition) is 2. The lowest BCUT2D eigenvalue weighted by Crippen LogP contribution is -2.38. The standard InChI is InChI=1S/C27H22O2/c1-2-19-10-7-13-24-25(19)26(28)22-11-5-6-12-23(22)27(24,29)17-18-14-15-20-8-3-4-9-21(20)16-18/h3-16,29H,2,17H2,1H3. The fourth-order valence-corrected chi connectivity index (χ4v) is 4.66. The Kier molecular flexibility index (Phi) is 4.11. The first-order valence-electron chi connectivity index (χ1n) is 10.1. The summed E-state index contributed by atoms with van der Waals surface area (Å²) < 4.78 is 0. The van der Waals surface area contributed by atoms with Crippen LogP contribution in [0.5, 0.6) is 0 Å². The smallest absolute Gasteiger partial charge is 0.194 e. The Morgan fingerprint density at radius 3 is 2.34 bits per heavy atom. The topological polar surface area (TPSA) is 37.3 Å². The fraction of sp³-hybridized carbons (Fsp3) is 0.148. The first-order valence-corrected chi connectivity index (χ1v) is 10.1. The maximum Gasteiger partial charge on any atom is 0.194 e. The minimum atomic E-state index is -1.24. The van der Waals surface area contributed by atoms with E-state index in [9.17, 15) is 9.90 Å². The highest BCUT2D eigenvalue weighted by molar-refractivity contribution is 6.14. The molecule has 0 radical (unpaired) electrons. The summed E-state index contributed by atoms with van der Waals surface area (Å²) in [6.07, 6.45) is 1.17. The molecule has 4 aromatic rings. The Balaban J connectivity index is 1.72. The van der Waals surface area contributed by atoms with Crippen LogP contribution in [0, 0.1) is 0 Å².